The summed E-state index contributed by atoms with van der Waals surface area (Å²) in [6, 6.07) is 23.0. The fraction of sp³-hybridized carbons (Fsp3) is 0.0333. The first-order valence-electron chi connectivity index (χ1n) is 12.1. The maximum Gasteiger partial charge on any atom is 0.268 e. The molecule has 2 heterocycles. The van der Waals surface area contributed by atoms with Crippen molar-refractivity contribution in [3.8, 4) is 16.9 Å². The molecule has 5 aromatic rings. The molecule has 0 saturated heterocycles. The SMILES string of the molecule is O=C(NCc1ccco1)/C(=C\c1cn(-c2ccccc2)nc1-c1ccc(F)cc1)NC(=O)c1ccc(Cl)cc1Cl. The van der Waals surface area contributed by atoms with E-state index in [2.05, 4.69) is 10.6 Å². The Kier molecular flexibility index (Phi) is 8.10. The van der Waals surface area contributed by atoms with Crippen LogP contribution in [0.1, 0.15) is 21.7 Å². The van der Waals surface area contributed by atoms with Crippen LogP contribution in [0.15, 0.2) is 108 Å². The van der Waals surface area contributed by atoms with E-state index >= 15 is 0 Å². The number of carbonyl (C=O) groups is 2. The van der Waals surface area contributed by atoms with Crippen molar-refractivity contribution in [1.82, 2.24) is 20.4 Å². The third-order valence-electron chi connectivity index (χ3n) is 5.85. The molecule has 10 heteroatoms. The van der Waals surface area contributed by atoms with Gasteiger partial charge in [0.05, 0.1) is 29.1 Å². The van der Waals surface area contributed by atoms with Crippen LogP contribution in [0.25, 0.3) is 23.0 Å². The van der Waals surface area contributed by atoms with Crippen LogP contribution < -0.4 is 10.6 Å². The Balaban J connectivity index is 1.56. The minimum absolute atomic E-state index is 0.0708. The van der Waals surface area contributed by atoms with Crippen LogP contribution in [0.3, 0.4) is 0 Å². The highest BCUT2D eigenvalue weighted by Gasteiger charge is 2.20. The molecule has 0 aliphatic heterocycles. The second-order valence-corrected chi connectivity index (χ2v) is 9.46. The zero-order valence-electron chi connectivity index (χ0n) is 20.8. The average molecular weight is 575 g/mol. The molecular weight excluding hydrogens is 554 g/mol. The Morgan fingerprint density at radius 3 is 2.45 bits per heavy atom. The third-order valence-corrected chi connectivity index (χ3v) is 6.40. The molecule has 200 valence electrons. The topological polar surface area (TPSA) is 89.2 Å². The third kappa shape index (κ3) is 6.31. The van der Waals surface area contributed by atoms with E-state index in [4.69, 9.17) is 32.7 Å². The number of aromatic nitrogens is 2. The van der Waals surface area contributed by atoms with Crippen molar-refractivity contribution in [2.24, 2.45) is 0 Å². The normalized spacial score (nSPS) is 11.3. The summed E-state index contributed by atoms with van der Waals surface area (Å²) in [6.45, 7) is 0.0921. The fourth-order valence-corrected chi connectivity index (χ4v) is 4.39. The number of nitrogens with zero attached hydrogens (tertiary/aromatic N) is 2. The monoisotopic (exact) mass is 574 g/mol. The van der Waals surface area contributed by atoms with Crippen LogP contribution in [0.4, 0.5) is 4.39 Å². The molecule has 5 rings (SSSR count). The van der Waals surface area contributed by atoms with Crippen LogP contribution in [0.2, 0.25) is 10.0 Å². The predicted molar refractivity (Wildman–Crippen MR) is 151 cm³/mol. The van der Waals surface area contributed by atoms with Gasteiger partial charge in [-0.2, -0.15) is 5.10 Å². The van der Waals surface area contributed by atoms with Crippen molar-refractivity contribution in [1.29, 1.82) is 0 Å². The van der Waals surface area contributed by atoms with Crippen LogP contribution >= 0.6 is 23.2 Å². The minimum atomic E-state index is -0.611. The molecule has 0 radical (unpaired) electrons. The van der Waals surface area contributed by atoms with E-state index in [-0.39, 0.29) is 22.8 Å². The molecule has 7 nitrogen and oxygen atoms in total. The molecule has 0 saturated carbocycles. The molecule has 0 spiro atoms. The predicted octanol–water partition coefficient (Wildman–Crippen LogP) is 6.67. The van der Waals surface area contributed by atoms with Gasteiger partial charge >= 0.3 is 0 Å². The van der Waals surface area contributed by atoms with Crippen molar-refractivity contribution >= 4 is 41.1 Å². The molecule has 0 bridgehead atoms. The number of carbonyl (C=O) groups excluding carboxylic acids is 2. The smallest absolute Gasteiger partial charge is 0.268 e. The van der Waals surface area contributed by atoms with Gasteiger partial charge in [-0.25, -0.2) is 9.07 Å². The zero-order chi connectivity index (χ0) is 28.1. The molecular formula is C30H21Cl2FN4O3. The molecule has 0 unspecified atom stereocenters. The number of hydrogen-bond donors (Lipinski definition) is 2. The molecule has 3 aromatic carbocycles. The minimum Gasteiger partial charge on any atom is -0.467 e. The summed E-state index contributed by atoms with van der Waals surface area (Å²) in [5.41, 5.74) is 2.42. The molecule has 0 aliphatic carbocycles. The second kappa shape index (κ2) is 12.0. The Hall–Kier alpha value is -4.66. The first-order valence-corrected chi connectivity index (χ1v) is 12.8. The maximum atomic E-state index is 13.7. The molecule has 2 N–H and O–H groups in total. The molecule has 40 heavy (non-hydrogen) atoms. The standard InChI is InChI=1S/C30H21Cl2FN4O3/c31-21-10-13-25(26(32)16-21)29(38)35-27(30(39)34-17-24-7-4-14-40-24)15-20-18-37(23-5-2-1-3-6-23)36-28(20)19-8-11-22(33)12-9-19/h1-16,18H,17H2,(H,34,39)(H,35,38)/b27-15+. The number of para-hydroxylation sites is 1. The van der Waals surface area contributed by atoms with Gasteiger partial charge in [-0.15, -0.1) is 0 Å². The molecule has 0 atom stereocenters. The summed E-state index contributed by atoms with van der Waals surface area (Å²) < 4.78 is 20.6. The van der Waals surface area contributed by atoms with Gasteiger partial charge in [-0.1, -0.05) is 41.4 Å². The lowest BCUT2D eigenvalue weighted by atomic mass is 10.1. The quantitative estimate of drug-likeness (QED) is 0.203. The highest BCUT2D eigenvalue weighted by molar-refractivity contribution is 6.36. The van der Waals surface area contributed by atoms with Crippen LogP contribution in [0, 0.1) is 5.82 Å². The summed E-state index contributed by atoms with van der Waals surface area (Å²) in [6.07, 6.45) is 4.72. The van der Waals surface area contributed by atoms with E-state index in [0.717, 1.165) is 5.69 Å². The van der Waals surface area contributed by atoms with E-state index in [1.807, 2.05) is 30.3 Å². The maximum absolute atomic E-state index is 13.7. The first-order chi connectivity index (χ1) is 19.4. The van der Waals surface area contributed by atoms with Crippen molar-refractivity contribution < 1.29 is 18.4 Å². The summed E-state index contributed by atoms with van der Waals surface area (Å²) in [7, 11) is 0. The van der Waals surface area contributed by atoms with E-state index < -0.39 is 17.6 Å². The van der Waals surface area contributed by atoms with E-state index in [9.17, 15) is 14.0 Å². The van der Waals surface area contributed by atoms with Gasteiger partial charge < -0.3 is 15.1 Å². The Morgan fingerprint density at radius 2 is 1.75 bits per heavy atom. The van der Waals surface area contributed by atoms with Gasteiger partial charge in [0.15, 0.2) is 0 Å². The van der Waals surface area contributed by atoms with Crippen molar-refractivity contribution in [3.63, 3.8) is 0 Å². The lowest BCUT2D eigenvalue weighted by Gasteiger charge is -2.12. The van der Waals surface area contributed by atoms with Crippen molar-refractivity contribution in [2.75, 3.05) is 0 Å². The van der Waals surface area contributed by atoms with Gasteiger partial charge in [-0.05, 0) is 72.8 Å². The lowest BCUT2D eigenvalue weighted by Crippen LogP contribution is -2.34. The second-order valence-electron chi connectivity index (χ2n) is 8.62. The van der Waals surface area contributed by atoms with Crippen LogP contribution in [-0.2, 0) is 11.3 Å². The number of furan rings is 1. The zero-order valence-corrected chi connectivity index (χ0v) is 22.3. The lowest BCUT2D eigenvalue weighted by molar-refractivity contribution is -0.118. The number of nitrogens with one attached hydrogen (secondary N) is 2. The number of halogens is 3. The number of hydrogen-bond acceptors (Lipinski definition) is 4. The van der Waals surface area contributed by atoms with Gasteiger partial charge in [0.1, 0.15) is 23.0 Å². The summed E-state index contributed by atoms with van der Waals surface area (Å²) in [4.78, 5) is 26.5. The fourth-order valence-electron chi connectivity index (χ4n) is 3.89. The Bertz CT molecular complexity index is 1680. The summed E-state index contributed by atoms with van der Waals surface area (Å²) >= 11 is 12.2. The molecule has 0 aliphatic rings. The highest BCUT2D eigenvalue weighted by atomic mass is 35.5. The van der Waals surface area contributed by atoms with E-state index in [0.29, 0.717) is 27.6 Å². The molecule has 2 aromatic heterocycles. The van der Waals surface area contributed by atoms with Crippen LogP contribution in [-0.4, -0.2) is 21.6 Å². The molecule has 0 fully saturated rings. The van der Waals surface area contributed by atoms with E-state index in [1.165, 1.54) is 42.7 Å². The van der Waals surface area contributed by atoms with Crippen molar-refractivity contribution in [3.05, 3.63) is 136 Å². The average Bonchev–Trinajstić information content (AvgIpc) is 3.63. The first kappa shape index (κ1) is 26.9. The number of rotatable bonds is 8. The molecule has 2 amide bonds. The number of benzene rings is 3. The Morgan fingerprint density at radius 1 is 0.975 bits per heavy atom. The highest BCUT2D eigenvalue weighted by Crippen LogP contribution is 2.27. The Labute approximate surface area is 238 Å². The van der Waals surface area contributed by atoms with Gasteiger partial charge in [-0.3, -0.25) is 9.59 Å². The van der Waals surface area contributed by atoms with E-state index in [1.54, 1.807) is 35.1 Å². The largest absolute Gasteiger partial charge is 0.467 e. The van der Waals surface area contributed by atoms with Gasteiger partial charge in [0, 0.05) is 22.3 Å². The van der Waals surface area contributed by atoms with Gasteiger partial charge in [0.25, 0.3) is 11.8 Å². The van der Waals surface area contributed by atoms with Gasteiger partial charge in [0.2, 0.25) is 0 Å². The summed E-state index contributed by atoms with van der Waals surface area (Å²) in [5.74, 6) is -1.05. The number of amides is 2. The van der Waals surface area contributed by atoms with Crippen LogP contribution in [0.5, 0.6) is 0 Å². The summed E-state index contributed by atoms with van der Waals surface area (Å²) in [5, 5.41) is 10.6. The van der Waals surface area contributed by atoms with Crippen molar-refractivity contribution in [2.45, 2.75) is 6.54 Å².